The molecule has 1 heterocycles. The summed E-state index contributed by atoms with van der Waals surface area (Å²) >= 11 is 0. The van der Waals surface area contributed by atoms with Gasteiger partial charge in [-0.05, 0) is 42.7 Å². The zero-order valence-electron chi connectivity index (χ0n) is 17.6. The third-order valence-electron chi connectivity index (χ3n) is 6.14. The number of likely N-dealkylation sites (N-methyl/N-ethyl adjacent to an activating group) is 1. The fourth-order valence-electron chi connectivity index (χ4n) is 4.49. The Kier molecular flexibility index (Phi) is 5.88. The summed E-state index contributed by atoms with van der Waals surface area (Å²) < 4.78 is 5.26. The first-order valence-electron chi connectivity index (χ1n) is 10.7. The summed E-state index contributed by atoms with van der Waals surface area (Å²) in [6.07, 6.45) is 6.23. The molecule has 0 aromatic heterocycles. The molecule has 1 saturated carbocycles. The zero-order chi connectivity index (χ0) is 21.1. The van der Waals surface area contributed by atoms with Crippen LogP contribution in [0.5, 0.6) is 5.75 Å². The molecule has 2 amide bonds. The van der Waals surface area contributed by atoms with Gasteiger partial charge in [0.15, 0.2) is 0 Å². The van der Waals surface area contributed by atoms with Gasteiger partial charge in [-0.3, -0.25) is 14.5 Å². The quantitative estimate of drug-likeness (QED) is 0.538. The summed E-state index contributed by atoms with van der Waals surface area (Å²) in [4.78, 5) is 30.6. The van der Waals surface area contributed by atoms with E-state index in [1.807, 2.05) is 66.5 Å². The number of nitrogens with zero attached hydrogens (tertiary/aromatic N) is 2. The van der Waals surface area contributed by atoms with Crippen molar-refractivity contribution in [3.05, 3.63) is 65.9 Å². The van der Waals surface area contributed by atoms with Gasteiger partial charge < -0.3 is 9.64 Å². The van der Waals surface area contributed by atoms with Gasteiger partial charge in [0.05, 0.1) is 12.7 Å². The van der Waals surface area contributed by atoms with Crippen molar-refractivity contribution < 1.29 is 14.3 Å². The van der Waals surface area contributed by atoms with Crippen LogP contribution in [0.1, 0.15) is 44.1 Å². The van der Waals surface area contributed by atoms with Crippen LogP contribution in [0, 0.1) is 0 Å². The molecule has 1 aliphatic carbocycles. The Morgan fingerprint density at radius 1 is 0.867 bits per heavy atom. The maximum Gasteiger partial charge on any atom is 0.278 e. The van der Waals surface area contributed by atoms with Crippen molar-refractivity contribution in [1.29, 1.82) is 0 Å². The summed E-state index contributed by atoms with van der Waals surface area (Å²) in [6, 6.07) is 17.0. The molecule has 1 aliphatic heterocycles. The molecule has 2 aromatic carbocycles. The first-order chi connectivity index (χ1) is 14.6. The lowest BCUT2D eigenvalue weighted by Gasteiger charge is -2.27. The number of imide groups is 1. The van der Waals surface area contributed by atoms with E-state index in [4.69, 9.17) is 4.74 Å². The third kappa shape index (κ3) is 3.72. The Balaban J connectivity index is 1.78. The van der Waals surface area contributed by atoms with Gasteiger partial charge in [0.2, 0.25) is 0 Å². The molecule has 0 spiro atoms. The van der Waals surface area contributed by atoms with Crippen molar-refractivity contribution in [3.63, 3.8) is 0 Å². The minimum absolute atomic E-state index is 0.0255. The van der Waals surface area contributed by atoms with Crippen LogP contribution in [-0.2, 0) is 9.59 Å². The van der Waals surface area contributed by atoms with Crippen molar-refractivity contribution >= 4 is 23.1 Å². The van der Waals surface area contributed by atoms with Gasteiger partial charge in [-0.15, -0.1) is 0 Å². The highest BCUT2D eigenvalue weighted by Crippen LogP contribution is 2.37. The molecule has 30 heavy (non-hydrogen) atoms. The lowest BCUT2D eigenvalue weighted by atomic mass is 10.0. The van der Waals surface area contributed by atoms with E-state index in [0.717, 1.165) is 42.7 Å². The minimum atomic E-state index is -0.191. The molecule has 0 N–H and O–H groups in total. The number of carbonyl (C=O) groups excluding carboxylic acids is 2. The van der Waals surface area contributed by atoms with Gasteiger partial charge in [0.25, 0.3) is 11.8 Å². The molecule has 0 bridgehead atoms. The highest BCUT2D eigenvalue weighted by molar-refractivity contribution is 6.36. The van der Waals surface area contributed by atoms with Crippen LogP contribution >= 0.6 is 0 Å². The number of para-hydroxylation sites is 1. The van der Waals surface area contributed by atoms with Gasteiger partial charge in [-0.25, -0.2) is 0 Å². The smallest absolute Gasteiger partial charge is 0.278 e. The predicted octanol–water partition coefficient (Wildman–Crippen LogP) is 4.63. The van der Waals surface area contributed by atoms with Gasteiger partial charge >= 0.3 is 0 Å². The molecule has 0 atom stereocenters. The average molecular weight is 405 g/mol. The van der Waals surface area contributed by atoms with E-state index in [9.17, 15) is 9.59 Å². The molecule has 5 nitrogen and oxygen atoms in total. The van der Waals surface area contributed by atoms with Crippen LogP contribution < -0.4 is 9.64 Å². The van der Waals surface area contributed by atoms with Gasteiger partial charge in [-0.2, -0.15) is 0 Å². The van der Waals surface area contributed by atoms with E-state index in [0.29, 0.717) is 11.3 Å². The minimum Gasteiger partial charge on any atom is -0.497 e. The largest absolute Gasteiger partial charge is 0.497 e. The molecule has 2 aliphatic rings. The fraction of sp³-hybridized carbons (Fsp3) is 0.360. The predicted molar refractivity (Wildman–Crippen MR) is 118 cm³/mol. The summed E-state index contributed by atoms with van der Waals surface area (Å²) in [6.45, 7) is 0. The number of rotatable bonds is 5. The fourth-order valence-corrected chi connectivity index (χ4v) is 4.49. The molecule has 0 saturated heterocycles. The maximum atomic E-state index is 13.6. The summed E-state index contributed by atoms with van der Waals surface area (Å²) in [5, 5.41) is 0. The normalized spacial score (nSPS) is 18.0. The molecular weight excluding hydrogens is 376 g/mol. The van der Waals surface area contributed by atoms with Gasteiger partial charge in [-0.1, -0.05) is 56.0 Å². The van der Waals surface area contributed by atoms with Crippen LogP contribution in [0.3, 0.4) is 0 Å². The standard InChI is InChI=1S/C25H28N2O3/c1-26(19-10-8-5-9-11-19)23-22(18-14-16-21(30-2)17-15-18)24(28)27(25(23)29)20-12-6-3-4-7-13-20/h5,8-11,14-17,20H,3-4,6-7,12-13H2,1-2H3. The Morgan fingerprint density at radius 2 is 1.50 bits per heavy atom. The number of hydrogen-bond acceptors (Lipinski definition) is 4. The van der Waals surface area contributed by atoms with Gasteiger partial charge in [0, 0.05) is 18.8 Å². The number of ether oxygens (including phenoxy) is 1. The SMILES string of the molecule is COc1ccc(C2=C(N(C)c3ccccc3)C(=O)N(C3CCCCCC3)C2=O)cc1. The van der Waals surface area contributed by atoms with Gasteiger partial charge in [0.1, 0.15) is 11.4 Å². The van der Waals surface area contributed by atoms with E-state index in [-0.39, 0.29) is 17.9 Å². The second-order valence-corrected chi connectivity index (χ2v) is 7.97. The molecule has 156 valence electrons. The molecule has 0 unspecified atom stereocenters. The average Bonchev–Trinajstić information content (AvgIpc) is 2.95. The molecule has 2 aromatic rings. The lowest BCUT2D eigenvalue weighted by molar-refractivity contribution is -0.139. The molecular formula is C25H28N2O3. The summed E-state index contributed by atoms with van der Waals surface area (Å²) in [5.41, 5.74) is 2.53. The van der Waals surface area contributed by atoms with Crippen LogP contribution in [0.25, 0.3) is 5.57 Å². The molecule has 5 heteroatoms. The van der Waals surface area contributed by atoms with E-state index >= 15 is 0 Å². The number of anilines is 1. The third-order valence-corrected chi connectivity index (χ3v) is 6.14. The van der Waals surface area contributed by atoms with Crippen LogP contribution in [-0.4, -0.2) is 36.9 Å². The Hall–Kier alpha value is -3.08. The number of benzene rings is 2. The first-order valence-corrected chi connectivity index (χ1v) is 10.7. The number of methoxy groups -OCH3 is 1. The number of hydrogen-bond donors (Lipinski definition) is 0. The highest BCUT2D eigenvalue weighted by Gasteiger charge is 2.44. The maximum absolute atomic E-state index is 13.6. The molecule has 0 radical (unpaired) electrons. The zero-order valence-corrected chi connectivity index (χ0v) is 17.6. The highest BCUT2D eigenvalue weighted by atomic mass is 16.5. The van der Waals surface area contributed by atoms with E-state index in [1.165, 1.54) is 17.7 Å². The van der Waals surface area contributed by atoms with E-state index in [2.05, 4.69) is 0 Å². The summed E-state index contributed by atoms with van der Waals surface area (Å²) in [7, 11) is 3.47. The van der Waals surface area contributed by atoms with Crippen molar-refractivity contribution in [2.75, 3.05) is 19.1 Å². The first kappa shape index (κ1) is 20.2. The Labute approximate surface area is 177 Å². The van der Waals surface area contributed by atoms with Crippen molar-refractivity contribution in [2.45, 2.75) is 44.6 Å². The van der Waals surface area contributed by atoms with E-state index in [1.54, 1.807) is 7.11 Å². The van der Waals surface area contributed by atoms with Crippen molar-refractivity contribution in [3.8, 4) is 5.75 Å². The van der Waals surface area contributed by atoms with Crippen LogP contribution in [0.4, 0.5) is 5.69 Å². The number of amides is 2. The molecule has 4 rings (SSSR count). The lowest BCUT2D eigenvalue weighted by Crippen LogP contribution is -2.42. The van der Waals surface area contributed by atoms with Crippen molar-refractivity contribution in [2.24, 2.45) is 0 Å². The van der Waals surface area contributed by atoms with E-state index < -0.39 is 0 Å². The summed E-state index contributed by atoms with van der Waals surface area (Å²) in [5.74, 6) is 0.341. The second-order valence-electron chi connectivity index (χ2n) is 7.97. The number of carbonyl (C=O) groups is 2. The Bertz CT molecular complexity index is 942. The monoisotopic (exact) mass is 404 g/mol. The Morgan fingerprint density at radius 3 is 2.10 bits per heavy atom. The van der Waals surface area contributed by atoms with Crippen molar-refractivity contribution in [1.82, 2.24) is 4.90 Å². The molecule has 1 fully saturated rings. The topological polar surface area (TPSA) is 49.9 Å². The van der Waals surface area contributed by atoms with Crippen LogP contribution in [0.2, 0.25) is 0 Å². The van der Waals surface area contributed by atoms with Crippen LogP contribution in [0.15, 0.2) is 60.3 Å². The second kappa shape index (κ2) is 8.74.